The Morgan fingerprint density at radius 3 is 2.33 bits per heavy atom. The molecule has 2 heteroatoms. The lowest BCUT2D eigenvalue weighted by molar-refractivity contribution is 0.169. The Morgan fingerprint density at radius 1 is 1.22 bits per heavy atom. The number of ether oxygens (including phenoxy) is 1. The molecular formula is C16H27NO. The summed E-state index contributed by atoms with van der Waals surface area (Å²) in [5.74, 6) is 0.647. The summed E-state index contributed by atoms with van der Waals surface area (Å²) in [6.45, 7) is 10.6. The highest BCUT2D eigenvalue weighted by Gasteiger charge is 2.20. The molecular weight excluding hydrogens is 222 g/mol. The van der Waals surface area contributed by atoms with Gasteiger partial charge in [0, 0.05) is 19.1 Å². The van der Waals surface area contributed by atoms with Gasteiger partial charge in [-0.25, -0.2) is 0 Å². The molecule has 1 N–H and O–H groups in total. The van der Waals surface area contributed by atoms with Gasteiger partial charge in [-0.3, -0.25) is 5.32 Å². The first-order valence-electron chi connectivity index (χ1n) is 6.81. The predicted octanol–water partition coefficient (Wildman–Crippen LogP) is 3.67. The molecule has 1 atom stereocenters. The molecule has 0 fully saturated rings. The van der Waals surface area contributed by atoms with Crippen molar-refractivity contribution in [3.05, 3.63) is 35.4 Å². The van der Waals surface area contributed by atoms with Gasteiger partial charge in [0.2, 0.25) is 0 Å². The van der Waals surface area contributed by atoms with Crippen molar-refractivity contribution in [2.24, 2.45) is 0 Å². The van der Waals surface area contributed by atoms with Crippen LogP contribution in [0.15, 0.2) is 24.3 Å². The summed E-state index contributed by atoms with van der Waals surface area (Å²) in [5, 5.41) is 3.30. The van der Waals surface area contributed by atoms with Crippen molar-refractivity contribution in [2.45, 2.75) is 45.4 Å². The van der Waals surface area contributed by atoms with Crippen LogP contribution in [0.1, 0.15) is 51.2 Å². The van der Waals surface area contributed by atoms with Crippen LogP contribution in [0, 0.1) is 0 Å². The van der Waals surface area contributed by atoms with E-state index in [9.17, 15) is 0 Å². The van der Waals surface area contributed by atoms with Gasteiger partial charge >= 0.3 is 0 Å². The summed E-state index contributed by atoms with van der Waals surface area (Å²) in [5.41, 5.74) is 2.94. The van der Waals surface area contributed by atoms with Crippen molar-refractivity contribution in [2.75, 3.05) is 20.4 Å². The van der Waals surface area contributed by atoms with Crippen molar-refractivity contribution in [1.29, 1.82) is 0 Å². The fraction of sp³-hybridized carbons (Fsp3) is 0.625. The maximum absolute atomic E-state index is 5.03. The molecule has 1 unspecified atom stereocenters. The van der Waals surface area contributed by atoms with Crippen LogP contribution in [-0.2, 0) is 10.2 Å². The van der Waals surface area contributed by atoms with E-state index >= 15 is 0 Å². The maximum atomic E-state index is 5.03. The van der Waals surface area contributed by atoms with Gasteiger partial charge in [0.05, 0.1) is 6.73 Å². The molecule has 0 aromatic heterocycles. The third-order valence-corrected chi connectivity index (χ3v) is 3.69. The smallest absolute Gasteiger partial charge is 0.0961 e. The Kier molecular flexibility index (Phi) is 5.83. The zero-order chi connectivity index (χ0) is 13.6. The van der Waals surface area contributed by atoms with Gasteiger partial charge in [-0.15, -0.1) is 0 Å². The normalized spacial score (nSPS) is 13.6. The van der Waals surface area contributed by atoms with E-state index in [1.165, 1.54) is 17.5 Å². The van der Waals surface area contributed by atoms with Crippen LogP contribution in [0.5, 0.6) is 0 Å². The second-order valence-electron chi connectivity index (χ2n) is 5.67. The molecule has 0 saturated carbocycles. The SMILES string of the molecule is CCC(C)c1ccc(C(C)(C)CNCOC)cc1. The molecule has 0 bridgehead atoms. The van der Waals surface area contributed by atoms with Crippen LogP contribution in [0.4, 0.5) is 0 Å². The lowest BCUT2D eigenvalue weighted by Crippen LogP contribution is -2.33. The third kappa shape index (κ3) is 4.11. The molecule has 0 aliphatic heterocycles. The van der Waals surface area contributed by atoms with Gasteiger partial charge in [0.1, 0.15) is 0 Å². The van der Waals surface area contributed by atoms with Gasteiger partial charge in [0.25, 0.3) is 0 Å². The zero-order valence-electron chi connectivity index (χ0n) is 12.4. The zero-order valence-corrected chi connectivity index (χ0v) is 12.4. The molecule has 0 spiro atoms. The minimum atomic E-state index is 0.131. The van der Waals surface area contributed by atoms with E-state index in [1.54, 1.807) is 7.11 Å². The molecule has 0 amide bonds. The van der Waals surface area contributed by atoms with Crippen LogP contribution < -0.4 is 5.32 Å². The lowest BCUT2D eigenvalue weighted by Gasteiger charge is -2.26. The molecule has 1 aromatic rings. The van der Waals surface area contributed by atoms with Crippen molar-refractivity contribution in [3.63, 3.8) is 0 Å². The maximum Gasteiger partial charge on any atom is 0.0961 e. The molecule has 1 aromatic carbocycles. The van der Waals surface area contributed by atoms with Crippen molar-refractivity contribution in [1.82, 2.24) is 5.32 Å². The average Bonchev–Trinajstić information content (AvgIpc) is 2.38. The highest BCUT2D eigenvalue weighted by Crippen LogP contribution is 2.25. The minimum absolute atomic E-state index is 0.131. The molecule has 0 saturated heterocycles. The molecule has 0 heterocycles. The molecule has 2 nitrogen and oxygen atoms in total. The molecule has 18 heavy (non-hydrogen) atoms. The molecule has 0 radical (unpaired) electrons. The highest BCUT2D eigenvalue weighted by molar-refractivity contribution is 5.30. The topological polar surface area (TPSA) is 21.3 Å². The second-order valence-corrected chi connectivity index (χ2v) is 5.67. The first-order valence-corrected chi connectivity index (χ1v) is 6.81. The molecule has 0 aliphatic carbocycles. The van der Waals surface area contributed by atoms with Crippen LogP contribution in [0.2, 0.25) is 0 Å². The Bertz CT molecular complexity index is 343. The number of hydrogen-bond donors (Lipinski definition) is 1. The summed E-state index contributed by atoms with van der Waals surface area (Å²) in [7, 11) is 1.71. The third-order valence-electron chi connectivity index (χ3n) is 3.69. The first-order chi connectivity index (χ1) is 8.51. The highest BCUT2D eigenvalue weighted by atomic mass is 16.5. The van der Waals surface area contributed by atoms with E-state index in [4.69, 9.17) is 4.74 Å². The number of benzene rings is 1. The van der Waals surface area contributed by atoms with E-state index in [0.717, 1.165) is 6.54 Å². The molecule has 0 aliphatic rings. The van der Waals surface area contributed by atoms with Crippen LogP contribution in [-0.4, -0.2) is 20.4 Å². The lowest BCUT2D eigenvalue weighted by atomic mass is 9.83. The van der Waals surface area contributed by atoms with Gasteiger partial charge in [-0.1, -0.05) is 52.0 Å². The number of nitrogens with one attached hydrogen (secondary N) is 1. The van der Waals surface area contributed by atoms with E-state index in [1.807, 2.05) is 0 Å². The molecule has 102 valence electrons. The Labute approximate surface area is 112 Å². The van der Waals surface area contributed by atoms with Crippen LogP contribution in [0.3, 0.4) is 0 Å². The summed E-state index contributed by atoms with van der Waals surface area (Å²) in [6.07, 6.45) is 1.19. The fourth-order valence-electron chi connectivity index (χ4n) is 2.07. The number of rotatable bonds is 7. The Morgan fingerprint density at radius 2 is 1.83 bits per heavy atom. The van der Waals surface area contributed by atoms with Crippen molar-refractivity contribution >= 4 is 0 Å². The van der Waals surface area contributed by atoms with E-state index in [-0.39, 0.29) is 5.41 Å². The predicted molar refractivity (Wildman–Crippen MR) is 78.1 cm³/mol. The first kappa shape index (κ1) is 15.2. The number of methoxy groups -OCH3 is 1. The van der Waals surface area contributed by atoms with Gasteiger partial charge < -0.3 is 4.74 Å². The van der Waals surface area contributed by atoms with Gasteiger partial charge in [-0.05, 0) is 23.5 Å². The van der Waals surface area contributed by atoms with Crippen molar-refractivity contribution in [3.8, 4) is 0 Å². The molecule has 1 rings (SSSR count). The van der Waals surface area contributed by atoms with E-state index in [0.29, 0.717) is 12.6 Å². The average molecular weight is 249 g/mol. The quantitative estimate of drug-likeness (QED) is 0.588. The van der Waals surface area contributed by atoms with Gasteiger partial charge in [0.15, 0.2) is 0 Å². The Hall–Kier alpha value is -0.860. The minimum Gasteiger partial charge on any atom is -0.370 e. The summed E-state index contributed by atoms with van der Waals surface area (Å²) in [4.78, 5) is 0. The Balaban J connectivity index is 2.71. The van der Waals surface area contributed by atoms with E-state index < -0.39 is 0 Å². The fourth-order valence-corrected chi connectivity index (χ4v) is 2.07. The van der Waals surface area contributed by atoms with Crippen LogP contribution >= 0.6 is 0 Å². The monoisotopic (exact) mass is 249 g/mol. The standard InChI is InChI=1S/C16H27NO/c1-6-13(2)14-7-9-15(10-8-14)16(3,4)11-17-12-18-5/h7-10,13,17H,6,11-12H2,1-5H3. The largest absolute Gasteiger partial charge is 0.370 e. The van der Waals surface area contributed by atoms with Crippen molar-refractivity contribution < 1.29 is 4.74 Å². The van der Waals surface area contributed by atoms with Crippen LogP contribution in [0.25, 0.3) is 0 Å². The second kappa shape index (κ2) is 6.91. The summed E-state index contributed by atoms with van der Waals surface area (Å²) >= 11 is 0. The van der Waals surface area contributed by atoms with E-state index in [2.05, 4.69) is 57.3 Å². The number of hydrogen-bond acceptors (Lipinski definition) is 2. The van der Waals surface area contributed by atoms with Gasteiger partial charge in [-0.2, -0.15) is 0 Å². The summed E-state index contributed by atoms with van der Waals surface area (Å²) in [6, 6.07) is 9.05. The summed E-state index contributed by atoms with van der Waals surface area (Å²) < 4.78 is 5.03.